The van der Waals surface area contributed by atoms with Gasteiger partial charge in [-0.3, -0.25) is 9.99 Å². The summed E-state index contributed by atoms with van der Waals surface area (Å²) < 4.78 is 0. The summed E-state index contributed by atoms with van der Waals surface area (Å²) in [5.74, 6) is 0.857. The molecule has 0 spiro atoms. The maximum atomic E-state index is 3.62. The van der Waals surface area contributed by atoms with Gasteiger partial charge in [-0.1, -0.05) is 0 Å². The summed E-state index contributed by atoms with van der Waals surface area (Å²) in [6.07, 6.45) is 5.65. The van der Waals surface area contributed by atoms with Crippen LogP contribution in [0.25, 0.3) is 0 Å². The first kappa shape index (κ1) is 7.97. The lowest BCUT2D eigenvalue weighted by molar-refractivity contribution is 0.387. The Kier molecular flexibility index (Phi) is 2.45. The van der Waals surface area contributed by atoms with E-state index < -0.39 is 0 Å². The number of hydrogen-bond donors (Lipinski definition) is 1. The zero-order valence-corrected chi connectivity index (χ0v) is 8.14. The van der Waals surface area contributed by atoms with Crippen molar-refractivity contribution in [1.29, 1.82) is 0 Å². The van der Waals surface area contributed by atoms with Crippen molar-refractivity contribution in [1.82, 2.24) is 9.99 Å². The molecule has 11 heavy (non-hydrogen) atoms. The van der Waals surface area contributed by atoms with Gasteiger partial charge in [-0.25, -0.2) is 0 Å². The summed E-state index contributed by atoms with van der Waals surface area (Å²) in [5.41, 5.74) is 0. The van der Waals surface area contributed by atoms with Gasteiger partial charge in [-0.15, -0.1) is 0 Å². The smallest absolute Gasteiger partial charge is 0.0399 e. The molecule has 2 atom stereocenters. The first-order valence-corrected chi connectivity index (χ1v) is 5.65. The third-order valence-corrected chi connectivity index (χ3v) is 4.19. The number of nitrogens with zero attached hydrogens (tertiary/aromatic N) is 1. The summed E-state index contributed by atoms with van der Waals surface area (Å²) in [6, 6.07) is 0.891. The lowest BCUT2D eigenvalue weighted by Crippen LogP contribution is -2.23. The van der Waals surface area contributed by atoms with Gasteiger partial charge in [0.05, 0.1) is 0 Å². The minimum absolute atomic E-state index is 0.857. The van der Waals surface area contributed by atoms with Gasteiger partial charge in [-0.2, -0.15) is 0 Å². The molecule has 2 aliphatic rings. The fraction of sp³-hybridized carbons (Fsp3) is 1.00. The van der Waals surface area contributed by atoms with E-state index in [1.54, 1.807) is 0 Å². The van der Waals surface area contributed by atoms with E-state index in [-0.39, 0.29) is 0 Å². The summed E-state index contributed by atoms with van der Waals surface area (Å²) in [5, 5.41) is 3.62. The molecule has 1 saturated heterocycles. The normalized spacial score (nSPS) is 34.1. The van der Waals surface area contributed by atoms with Gasteiger partial charge in [0.1, 0.15) is 0 Å². The Bertz CT molecular complexity index is 136. The van der Waals surface area contributed by atoms with Crippen LogP contribution >= 0.6 is 8.73 Å². The fourth-order valence-electron chi connectivity index (χ4n) is 1.53. The Morgan fingerprint density at radius 3 is 2.73 bits per heavy atom. The molecule has 1 saturated carbocycles. The van der Waals surface area contributed by atoms with Crippen LogP contribution in [0.1, 0.15) is 25.7 Å². The minimum Gasteiger partial charge on any atom is -0.299 e. The lowest BCUT2D eigenvalue weighted by atomic mass is 10.4. The second-order valence-electron chi connectivity index (χ2n) is 3.70. The lowest BCUT2D eigenvalue weighted by Gasteiger charge is -2.19. The predicted octanol–water partition coefficient (Wildman–Crippen LogP) is 1.38. The van der Waals surface area contributed by atoms with Gasteiger partial charge in [-0.05, 0) is 48.0 Å². The van der Waals surface area contributed by atoms with Gasteiger partial charge in [0.15, 0.2) is 0 Å². The quantitative estimate of drug-likeness (QED) is 0.647. The maximum Gasteiger partial charge on any atom is 0.0399 e. The van der Waals surface area contributed by atoms with Crippen LogP contribution < -0.4 is 5.09 Å². The van der Waals surface area contributed by atoms with Crippen LogP contribution in [0.15, 0.2) is 0 Å². The molecule has 0 bridgehead atoms. The first-order valence-electron chi connectivity index (χ1n) is 4.57. The molecule has 1 aliphatic carbocycles. The topological polar surface area (TPSA) is 15.3 Å². The molecule has 1 aliphatic heterocycles. The van der Waals surface area contributed by atoms with Crippen LogP contribution in [0.2, 0.25) is 0 Å². The van der Waals surface area contributed by atoms with E-state index >= 15 is 0 Å². The Balaban J connectivity index is 1.67. The Hall–Kier alpha value is 0.350. The Morgan fingerprint density at radius 2 is 2.18 bits per heavy atom. The van der Waals surface area contributed by atoms with E-state index in [0.29, 0.717) is 0 Å². The summed E-state index contributed by atoms with van der Waals surface area (Å²) in [4.78, 5) is 2.49. The van der Waals surface area contributed by atoms with Crippen molar-refractivity contribution in [3.63, 3.8) is 0 Å². The number of nitrogens with one attached hydrogen (secondary N) is 1. The molecule has 2 unspecified atom stereocenters. The molecule has 2 rings (SSSR count). The van der Waals surface area contributed by atoms with Crippen molar-refractivity contribution in [2.45, 2.75) is 37.5 Å². The molecule has 0 amide bonds. The van der Waals surface area contributed by atoms with Gasteiger partial charge in [0.25, 0.3) is 0 Å². The van der Waals surface area contributed by atoms with Gasteiger partial charge in [0, 0.05) is 11.8 Å². The van der Waals surface area contributed by atoms with Crippen molar-refractivity contribution >= 4 is 8.73 Å². The third-order valence-electron chi connectivity index (χ3n) is 2.55. The second-order valence-corrected chi connectivity index (χ2v) is 4.95. The molecule has 2 nitrogen and oxygen atoms in total. The zero-order valence-electron chi connectivity index (χ0n) is 7.14. The summed E-state index contributed by atoms with van der Waals surface area (Å²) in [6.45, 7) is 1.31. The van der Waals surface area contributed by atoms with Crippen LogP contribution in [-0.4, -0.2) is 30.3 Å². The van der Waals surface area contributed by atoms with Crippen LogP contribution in [0.5, 0.6) is 0 Å². The van der Waals surface area contributed by atoms with Crippen molar-refractivity contribution in [3.05, 3.63) is 0 Å². The van der Waals surface area contributed by atoms with Crippen molar-refractivity contribution in [2.75, 3.05) is 13.6 Å². The molecule has 2 fully saturated rings. The van der Waals surface area contributed by atoms with Crippen LogP contribution in [0.4, 0.5) is 0 Å². The van der Waals surface area contributed by atoms with Gasteiger partial charge in [0.2, 0.25) is 0 Å². The fourth-order valence-corrected chi connectivity index (χ4v) is 2.95. The Morgan fingerprint density at radius 1 is 1.36 bits per heavy atom. The minimum atomic E-state index is 0.857. The standard InChI is InChI=1S/C8H17N2P/c1-10-6-2-3-8(10)11-9-7-4-5-7/h7-9,11H,2-6H2,1H3. The molecule has 0 aromatic rings. The molecule has 0 aromatic heterocycles. The van der Waals surface area contributed by atoms with Crippen LogP contribution in [0.3, 0.4) is 0 Å². The third kappa shape index (κ3) is 2.14. The van der Waals surface area contributed by atoms with E-state index in [0.717, 1.165) is 20.6 Å². The Labute approximate surface area is 70.6 Å². The molecular weight excluding hydrogens is 155 g/mol. The number of rotatable bonds is 3. The van der Waals surface area contributed by atoms with Crippen molar-refractivity contribution < 1.29 is 0 Å². The predicted molar refractivity (Wildman–Crippen MR) is 50.1 cm³/mol. The highest BCUT2D eigenvalue weighted by atomic mass is 31.1. The van der Waals surface area contributed by atoms with Crippen molar-refractivity contribution in [2.24, 2.45) is 0 Å². The van der Waals surface area contributed by atoms with E-state index in [1.807, 2.05) is 0 Å². The highest BCUT2D eigenvalue weighted by Crippen LogP contribution is 2.32. The molecule has 1 heterocycles. The summed E-state index contributed by atoms with van der Waals surface area (Å²) in [7, 11) is 3.23. The molecule has 0 aromatic carbocycles. The van der Waals surface area contributed by atoms with Crippen LogP contribution in [0, 0.1) is 0 Å². The van der Waals surface area contributed by atoms with E-state index in [4.69, 9.17) is 0 Å². The largest absolute Gasteiger partial charge is 0.299 e. The average molecular weight is 172 g/mol. The monoisotopic (exact) mass is 172 g/mol. The molecule has 1 N–H and O–H groups in total. The summed E-state index contributed by atoms with van der Waals surface area (Å²) >= 11 is 0. The molecule has 0 radical (unpaired) electrons. The SMILES string of the molecule is CN1CCCC1PNC1CC1. The van der Waals surface area contributed by atoms with Crippen LogP contribution in [-0.2, 0) is 0 Å². The zero-order chi connectivity index (χ0) is 7.68. The first-order chi connectivity index (χ1) is 5.36. The number of hydrogen-bond acceptors (Lipinski definition) is 2. The average Bonchev–Trinajstić information content (AvgIpc) is 2.73. The molecule has 64 valence electrons. The highest BCUT2D eigenvalue weighted by molar-refractivity contribution is 7.36. The second kappa shape index (κ2) is 3.38. The van der Waals surface area contributed by atoms with E-state index in [2.05, 4.69) is 17.0 Å². The van der Waals surface area contributed by atoms with Gasteiger partial charge >= 0.3 is 0 Å². The molecule has 3 heteroatoms. The van der Waals surface area contributed by atoms with E-state index in [9.17, 15) is 0 Å². The molecular formula is C8H17N2P. The van der Waals surface area contributed by atoms with E-state index in [1.165, 1.54) is 32.2 Å². The van der Waals surface area contributed by atoms with Gasteiger partial charge < -0.3 is 0 Å². The maximum absolute atomic E-state index is 3.62. The van der Waals surface area contributed by atoms with Crippen molar-refractivity contribution in [3.8, 4) is 0 Å². The highest BCUT2D eigenvalue weighted by Gasteiger charge is 2.25. The number of likely N-dealkylation sites (tertiary alicyclic amines) is 1.